The van der Waals surface area contributed by atoms with Crippen LogP contribution < -0.4 is 5.32 Å². The van der Waals surface area contributed by atoms with E-state index in [9.17, 15) is 8.42 Å². The van der Waals surface area contributed by atoms with Crippen LogP contribution in [0.2, 0.25) is 0 Å². The first-order chi connectivity index (χ1) is 9.55. The van der Waals surface area contributed by atoms with Gasteiger partial charge in [0.15, 0.2) is 0 Å². The Kier molecular flexibility index (Phi) is 5.57. The topological polar surface area (TPSA) is 58.6 Å². The van der Waals surface area contributed by atoms with Crippen molar-refractivity contribution in [3.8, 4) is 0 Å². The Bertz CT molecular complexity index is 527. The SMILES string of the molecule is CCCNCc1sccc1S(=O)(=O)N1CCOC(C)C1. The largest absolute Gasteiger partial charge is 0.376 e. The summed E-state index contributed by atoms with van der Waals surface area (Å²) in [5.74, 6) is 0. The van der Waals surface area contributed by atoms with Crippen LogP contribution in [-0.4, -0.2) is 45.1 Å². The Balaban J connectivity index is 2.15. The summed E-state index contributed by atoms with van der Waals surface area (Å²) in [5.41, 5.74) is 0. The molecule has 1 aromatic heterocycles. The maximum atomic E-state index is 12.7. The number of ether oxygens (including phenoxy) is 1. The van der Waals surface area contributed by atoms with Crippen molar-refractivity contribution in [2.75, 3.05) is 26.2 Å². The molecule has 114 valence electrons. The standard InChI is InChI=1S/C13H22N2O3S2/c1-3-5-14-9-12-13(4-8-19-12)20(16,17)15-6-7-18-11(2)10-15/h4,8,11,14H,3,5-7,9-10H2,1-2H3. The van der Waals surface area contributed by atoms with E-state index < -0.39 is 10.0 Å². The molecule has 0 amide bonds. The molecule has 7 heteroatoms. The fourth-order valence-electron chi connectivity index (χ4n) is 2.21. The van der Waals surface area contributed by atoms with Gasteiger partial charge in [0.05, 0.1) is 17.6 Å². The molecule has 0 saturated carbocycles. The van der Waals surface area contributed by atoms with E-state index in [1.165, 1.54) is 15.6 Å². The van der Waals surface area contributed by atoms with Crippen LogP contribution in [0.4, 0.5) is 0 Å². The molecular formula is C13H22N2O3S2. The summed E-state index contributed by atoms with van der Waals surface area (Å²) in [6.07, 6.45) is 0.993. The molecular weight excluding hydrogens is 296 g/mol. The van der Waals surface area contributed by atoms with Crippen molar-refractivity contribution in [3.05, 3.63) is 16.3 Å². The van der Waals surface area contributed by atoms with Gasteiger partial charge in [-0.05, 0) is 31.3 Å². The van der Waals surface area contributed by atoms with Crippen LogP contribution in [0.25, 0.3) is 0 Å². The van der Waals surface area contributed by atoms with E-state index in [0.717, 1.165) is 17.8 Å². The lowest BCUT2D eigenvalue weighted by molar-refractivity contribution is 0.0102. The molecule has 1 N–H and O–H groups in total. The van der Waals surface area contributed by atoms with Crippen molar-refractivity contribution < 1.29 is 13.2 Å². The van der Waals surface area contributed by atoms with Crippen molar-refractivity contribution in [2.24, 2.45) is 0 Å². The second-order valence-electron chi connectivity index (χ2n) is 4.93. The third-order valence-corrected chi connectivity index (χ3v) is 6.24. The van der Waals surface area contributed by atoms with Gasteiger partial charge in [0.1, 0.15) is 0 Å². The Hall–Kier alpha value is -0.470. The van der Waals surface area contributed by atoms with Crippen LogP contribution in [0.5, 0.6) is 0 Å². The van der Waals surface area contributed by atoms with Gasteiger partial charge < -0.3 is 10.1 Å². The van der Waals surface area contributed by atoms with Crippen LogP contribution in [0.3, 0.4) is 0 Å². The van der Waals surface area contributed by atoms with Crippen molar-refractivity contribution >= 4 is 21.4 Å². The fraction of sp³-hybridized carbons (Fsp3) is 0.692. The van der Waals surface area contributed by atoms with E-state index in [4.69, 9.17) is 4.74 Å². The molecule has 5 nitrogen and oxygen atoms in total. The Labute approximate surface area is 125 Å². The van der Waals surface area contributed by atoms with E-state index >= 15 is 0 Å². The molecule has 1 aliphatic heterocycles. The number of nitrogens with zero attached hydrogens (tertiary/aromatic N) is 1. The van der Waals surface area contributed by atoms with Crippen molar-refractivity contribution in [1.29, 1.82) is 0 Å². The number of hydrogen-bond donors (Lipinski definition) is 1. The van der Waals surface area contributed by atoms with Gasteiger partial charge in [-0.3, -0.25) is 0 Å². The molecule has 1 atom stereocenters. The molecule has 1 aromatic rings. The zero-order valence-electron chi connectivity index (χ0n) is 12.0. The first-order valence-corrected chi connectivity index (χ1v) is 9.26. The van der Waals surface area contributed by atoms with Crippen molar-refractivity contribution in [3.63, 3.8) is 0 Å². The summed E-state index contributed by atoms with van der Waals surface area (Å²) in [4.78, 5) is 1.33. The van der Waals surface area contributed by atoms with Gasteiger partial charge in [-0.1, -0.05) is 6.92 Å². The number of thiophene rings is 1. The van der Waals surface area contributed by atoms with E-state index in [1.807, 2.05) is 12.3 Å². The van der Waals surface area contributed by atoms with Gasteiger partial charge >= 0.3 is 0 Å². The molecule has 0 spiro atoms. The average molecular weight is 318 g/mol. The second-order valence-corrected chi connectivity index (χ2v) is 7.84. The lowest BCUT2D eigenvalue weighted by atomic mass is 10.3. The highest BCUT2D eigenvalue weighted by molar-refractivity contribution is 7.89. The lowest BCUT2D eigenvalue weighted by Crippen LogP contribution is -2.44. The van der Waals surface area contributed by atoms with Gasteiger partial charge in [0.2, 0.25) is 10.0 Å². The summed E-state index contributed by atoms with van der Waals surface area (Å²) >= 11 is 1.49. The zero-order valence-corrected chi connectivity index (χ0v) is 13.6. The van der Waals surface area contributed by atoms with Gasteiger partial charge in [-0.2, -0.15) is 4.31 Å². The summed E-state index contributed by atoms with van der Waals surface area (Å²) in [6, 6.07) is 1.71. The van der Waals surface area contributed by atoms with Crippen molar-refractivity contribution in [1.82, 2.24) is 9.62 Å². The monoisotopic (exact) mass is 318 g/mol. The number of sulfonamides is 1. The molecule has 20 heavy (non-hydrogen) atoms. The van der Waals surface area contributed by atoms with Crippen LogP contribution >= 0.6 is 11.3 Å². The van der Waals surface area contributed by atoms with Crippen LogP contribution in [0.1, 0.15) is 25.1 Å². The lowest BCUT2D eigenvalue weighted by Gasteiger charge is -2.30. The number of morpholine rings is 1. The van der Waals surface area contributed by atoms with Gasteiger partial charge in [-0.15, -0.1) is 11.3 Å². The normalized spacial score (nSPS) is 21.2. The first kappa shape index (κ1) is 15.9. The van der Waals surface area contributed by atoms with E-state index in [1.54, 1.807) is 6.07 Å². The Morgan fingerprint density at radius 3 is 3.05 bits per heavy atom. The van der Waals surface area contributed by atoms with Gasteiger partial charge in [0.25, 0.3) is 0 Å². The minimum absolute atomic E-state index is 0.0428. The third-order valence-electron chi connectivity index (χ3n) is 3.24. The van der Waals surface area contributed by atoms with Crippen LogP contribution in [0, 0.1) is 0 Å². The molecule has 1 saturated heterocycles. The highest BCUT2D eigenvalue weighted by Gasteiger charge is 2.31. The van der Waals surface area contributed by atoms with E-state index in [2.05, 4.69) is 12.2 Å². The highest BCUT2D eigenvalue weighted by Crippen LogP contribution is 2.26. The van der Waals surface area contributed by atoms with Gasteiger partial charge in [-0.25, -0.2) is 8.42 Å². The fourth-order valence-corrected chi connectivity index (χ4v) is 5.09. The smallest absolute Gasteiger partial charge is 0.244 e. The summed E-state index contributed by atoms with van der Waals surface area (Å²) < 4.78 is 32.3. The zero-order chi connectivity index (χ0) is 14.6. The van der Waals surface area contributed by atoms with Gasteiger partial charge in [0, 0.05) is 24.5 Å². The summed E-state index contributed by atoms with van der Waals surface area (Å²) in [7, 11) is -3.40. The summed E-state index contributed by atoms with van der Waals surface area (Å²) in [5, 5.41) is 5.11. The van der Waals surface area contributed by atoms with E-state index in [0.29, 0.717) is 31.1 Å². The Morgan fingerprint density at radius 2 is 2.35 bits per heavy atom. The average Bonchev–Trinajstić information content (AvgIpc) is 2.88. The molecule has 1 aliphatic rings. The number of rotatable bonds is 6. The molecule has 0 bridgehead atoms. The Morgan fingerprint density at radius 1 is 1.55 bits per heavy atom. The molecule has 0 aliphatic carbocycles. The molecule has 0 aromatic carbocycles. The number of nitrogens with one attached hydrogen (secondary N) is 1. The van der Waals surface area contributed by atoms with Crippen molar-refractivity contribution in [2.45, 2.75) is 37.8 Å². The quantitative estimate of drug-likeness (QED) is 0.811. The highest BCUT2D eigenvalue weighted by atomic mass is 32.2. The molecule has 2 rings (SSSR count). The molecule has 2 heterocycles. The number of hydrogen-bond acceptors (Lipinski definition) is 5. The second kappa shape index (κ2) is 7.00. The minimum Gasteiger partial charge on any atom is -0.376 e. The van der Waals surface area contributed by atoms with Crippen LogP contribution in [0.15, 0.2) is 16.3 Å². The summed E-state index contributed by atoms with van der Waals surface area (Å²) in [6.45, 7) is 6.83. The van der Waals surface area contributed by atoms with E-state index in [-0.39, 0.29) is 6.10 Å². The maximum absolute atomic E-state index is 12.7. The molecule has 1 fully saturated rings. The predicted octanol–water partition coefficient (Wildman–Crippen LogP) is 1.66. The third kappa shape index (κ3) is 3.59. The maximum Gasteiger partial charge on any atom is 0.244 e. The minimum atomic E-state index is -3.40. The first-order valence-electron chi connectivity index (χ1n) is 6.94. The predicted molar refractivity (Wildman–Crippen MR) is 80.5 cm³/mol. The molecule has 0 radical (unpaired) electrons. The molecule has 1 unspecified atom stereocenters. The van der Waals surface area contributed by atoms with Crippen LogP contribution in [-0.2, 0) is 21.3 Å².